The predicted octanol–water partition coefficient (Wildman–Crippen LogP) is 5.30. The standard InChI is InChI=1S/C28H29ClN8O2S/c1-15(2)37(4)19(10-17-6-5-7-21(29)20(17)13-38)12-32-27-24(26(31)33-14-34-27)25(30)18-8-9-22-23(11-18)40-28(36-22)35-16(3)39/h5-11,13-15,30H,12H2,1-4H3,(H,35,36,39)(H3,31,32,33,34)/b19-10-,30-25?. The highest BCUT2D eigenvalue weighted by Crippen LogP contribution is 2.29. The fourth-order valence-electron chi connectivity index (χ4n) is 3.98. The van der Waals surface area contributed by atoms with E-state index in [1.165, 1.54) is 24.6 Å². The highest BCUT2D eigenvalue weighted by Gasteiger charge is 2.19. The highest BCUT2D eigenvalue weighted by molar-refractivity contribution is 7.22. The third-order valence-electron chi connectivity index (χ3n) is 6.28. The number of amides is 1. The number of benzene rings is 2. The summed E-state index contributed by atoms with van der Waals surface area (Å²) in [5.74, 6) is 0.350. The summed E-state index contributed by atoms with van der Waals surface area (Å²) in [4.78, 5) is 38.1. The van der Waals surface area contributed by atoms with E-state index in [9.17, 15) is 9.59 Å². The quantitative estimate of drug-likeness (QED) is 0.147. The Hall–Kier alpha value is -4.35. The van der Waals surface area contributed by atoms with Gasteiger partial charge in [-0.15, -0.1) is 0 Å². The molecular weight excluding hydrogens is 548 g/mol. The normalized spacial score (nSPS) is 11.5. The number of nitrogens with zero attached hydrogens (tertiary/aromatic N) is 4. The van der Waals surface area contributed by atoms with Crippen LogP contribution in [0.2, 0.25) is 5.02 Å². The number of aldehydes is 1. The summed E-state index contributed by atoms with van der Waals surface area (Å²) in [5, 5.41) is 15.9. The molecule has 10 nitrogen and oxygen atoms in total. The van der Waals surface area contributed by atoms with E-state index in [0.717, 1.165) is 16.7 Å². The zero-order valence-electron chi connectivity index (χ0n) is 22.4. The Labute approximate surface area is 240 Å². The van der Waals surface area contributed by atoms with Crippen LogP contribution in [0.25, 0.3) is 16.3 Å². The molecule has 0 aliphatic rings. The molecule has 5 N–H and O–H groups in total. The number of fused-ring (bicyclic) bond motifs is 1. The molecule has 0 aliphatic heterocycles. The van der Waals surface area contributed by atoms with E-state index in [4.69, 9.17) is 22.7 Å². The largest absolute Gasteiger partial charge is 0.383 e. The molecule has 1 amide bonds. The van der Waals surface area contributed by atoms with Gasteiger partial charge in [-0.1, -0.05) is 41.1 Å². The highest BCUT2D eigenvalue weighted by atomic mass is 35.5. The van der Waals surface area contributed by atoms with Crippen molar-refractivity contribution in [2.24, 2.45) is 0 Å². The molecule has 0 aliphatic carbocycles. The maximum Gasteiger partial charge on any atom is 0.223 e. The van der Waals surface area contributed by atoms with E-state index < -0.39 is 0 Å². The molecular formula is C28H29ClN8O2S. The number of carbonyl (C=O) groups is 2. The van der Waals surface area contributed by atoms with Gasteiger partial charge in [-0.2, -0.15) is 0 Å². The van der Waals surface area contributed by atoms with Gasteiger partial charge in [-0.25, -0.2) is 15.0 Å². The van der Waals surface area contributed by atoms with Crippen molar-refractivity contribution in [1.82, 2.24) is 19.9 Å². The van der Waals surface area contributed by atoms with Crippen molar-refractivity contribution in [2.75, 3.05) is 30.0 Å². The molecule has 0 radical (unpaired) electrons. The van der Waals surface area contributed by atoms with Crippen molar-refractivity contribution in [2.45, 2.75) is 26.8 Å². The van der Waals surface area contributed by atoms with Gasteiger partial charge in [0.2, 0.25) is 5.91 Å². The van der Waals surface area contributed by atoms with E-state index >= 15 is 0 Å². The number of anilines is 3. The topological polar surface area (TPSA) is 150 Å². The molecule has 0 saturated carbocycles. The minimum Gasteiger partial charge on any atom is -0.383 e. The van der Waals surface area contributed by atoms with Gasteiger partial charge in [0.25, 0.3) is 0 Å². The van der Waals surface area contributed by atoms with Gasteiger partial charge in [0, 0.05) is 36.8 Å². The van der Waals surface area contributed by atoms with Gasteiger partial charge >= 0.3 is 0 Å². The third-order valence-corrected chi connectivity index (χ3v) is 7.54. The van der Waals surface area contributed by atoms with Gasteiger partial charge in [-0.05, 0) is 43.7 Å². The predicted molar refractivity (Wildman–Crippen MR) is 163 cm³/mol. The van der Waals surface area contributed by atoms with Crippen LogP contribution in [0.1, 0.15) is 47.8 Å². The van der Waals surface area contributed by atoms with Crippen LogP contribution in [0.5, 0.6) is 0 Å². The van der Waals surface area contributed by atoms with Gasteiger partial charge in [0.15, 0.2) is 11.4 Å². The minimum absolute atomic E-state index is 0.137. The van der Waals surface area contributed by atoms with Crippen LogP contribution in [-0.2, 0) is 4.79 Å². The molecule has 2 aromatic heterocycles. The Bertz CT molecular complexity index is 1630. The minimum atomic E-state index is -0.203. The van der Waals surface area contributed by atoms with E-state index in [1.54, 1.807) is 24.3 Å². The number of hydrogen-bond acceptors (Lipinski definition) is 10. The van der Waals surface area contributed by atoms with Crippen LogP contribution in [0.4, 0.5) is 16.8 Å². The molecule has 0 spiro atoms. The lowest BCUT2D eigenvalue weighted by Crippen LogP contribution is -2.29. The van der Waals surface area contributed by atoms with Gasteiger partial charge in [-0.3, -0.25) is 15.0 Å². The lowest BCUT2D eigenvalue weighted by molar-refractivity contribution is -0.114. The molecule has 4 rings (SSSR count). The molecule has 0 bridgehead atoms. The maximum atomic E-state index is 11.7. The zero-order chi connectivity index (χ0) is 29.0. The van der Waals surface area contributed by atoms with Crippen molar-refractivity contribution in [3.8, 4) is 0 Å². The van der Waals surface area contributed by atoms with Crippen molar-refractivity contribution in [3.63, 3.8) is 0 Å². The number of nitrogen functional groups attached to an aromatic ring is 1. The van der Waals surface area contributed by atoms with Gasteiger partial charge in [0.05, 0.1) is 33.1 Å². The molecule has 4 aromatic rings. The van der Waals surface area contributed by atoms with Crippen molar-refractivity contribution in [3.05, 3.63) is 75.7 Å². The van der Waals surface area contributed by atoms with E-state index in [0.29, 0.717) is 50.3 Å². The average Bonchev–Trinajstić information content (AvgIpc) is 3.31. The van der Waals surface area contributed by atoms with Crippen LogP contribution in [-0.4, -0.2) is 57.4 Å². The summed E-state index contributed by atoms with van der Waals surface area (Å²) >= 11 is 7.57. The van der Waals surface area contributed by atoms with Gasteiger partial charge in [0.1, 0.15) is 18.0 Å². The fourth-order valence-corrected chi connectivity index (χ4v) is 5.15. The number of aromatic nitrogens is 3. The Morgan fingerprint density at radius 3 is 2.73 bits per heavy atom. The Kier molecular flexibility index (Phi) is 8.76. The van der Waals surface area contributed by atoms with Crippen LogP contribution >= 0.6 is 22.9 Å². The fraction of sp³-hybridized carbons (Fsp3) is 0.214. The number of hydrogen-bond donors (Lipinski definition) is 4. The van der Waals surface area contributed by atoms with E-state index in [1.807, 2.05) is 25.3 Å². The second kappa shape index (κ2) is 12.2. The third kappa shape index (κ3) is 6.27. The SMILES string of the molecule is CC(=O)Nc1nc2ccc(C(=N)c3c(N)ncnc3NC/C(=C/c3cccc(Cl)c3C=O)N(C)C(C)C)cc2s1. The average molecular weight is 577 g/mol. The second-order valence-corrected chi connectivity index (χ2v) is 10.7. The monoisotopic (exact) mass is 576 g/mol. The Balaban J connectivity index is 1.67. The van der Waals surface area contributed by atoms with Crippen molar-refractivity contribution < 1.29 is 9.59 Å². The number of halogens is 1. The molecule has 2 aromatic carbocycles. The maximum absolute atomic E-state index is 11.7. The van der Waals surface area contributed by atoms with Crippen LogP contribution in [0.15, 0.2) is 48.4 Å². The van der Waals surface area contributed by atoms with Crippen LogP contribution in [0.3, 0.4) is 0 Å². The first-order chi connectivity index (χ1) is 19.1. The number of thiazole rings is 1. The molecule has 2 heterocycles. The Morgan fingerprint density at radius 1 is 1.25 bits per heavy atom. The first kappa shape index (κ1) is 28.7. The van der Waals surface area contributed by atoms with Gasteiger partial charge < -0.3 is 21.3 Å². The molecule has 0 fully saturated rings. The molecule has 40 heavy (non-hydrogen) atoms. The van der Waals surface area contributed by atoms with E-state index in [-0.39, 0.29) is 23.5 Å². The number of nitrogens with one attached hydrogen (secondary N) is 3. The molecule has 0 atom stereocenters. The summed E-state index contributed by atoms with van der Waals surface area (Å²) in [7, 11) is 1.96. The summed E-state index contributed by atoms with van der Waals surface area (Å²) in [6, 6.07) is 10.9. The summed E-state index contributed by atoms with van der Waals surface area (Å²) in [5.41, 5.74) is 10.0. The van der Waals surface area contributed by atoms with Crippen LogP contribution in [0, 0.1) is 5.41 Å². The number of rotatable bonds is 10. The molecule has 0 unspecified atom stereocenters. The summed E-state index contributed by atoms with van der Waals surface area (Å²) in [6.45, 7) is 5.87. The molecule has 12 heteroatoms. The molecule has 0 saturated heterocycles. The van der Waals surface area contributed by atoms with Crippen molar-refractivity contribution >= 4 is 73.9 Å². The number of carbonyl (C=O) groups excluding carboxylic acids is 2. The molecule has 206 valence electrons. The lowest BCUT2D eigenvalue weighted by Gasteiger charge is -2.28. The zero-order valence-corrected chi connectivity index (χ0v) is 24.0. The summed E-state index contributed by atoms with van der Waals surface area (Å²) in [6.07, 6.45) is 4.00. The first-order valence-electron chi connectivity index (χ1n) is 12.4. The van der Waals surface area contributed by atoms with Crippen molar-refractivity contribution in [1.29, 1.82) is 5.41 Å². The smallest absolute Gasteiger partial charge is 0.223 e. The Morgan fingerprint density at radius 2 is 2.02 bits per heavy atom. The van der Waals surface area contributed by atoms with E-state index in [2.05, 4.69) is 44.3 Å². The number of nitrogens with two attached hydrogens (primary N) is 1. The number of likely N-dealkylation sites (N-methyl/N-ethyl adjacent to an activating group) is 1. The lowest BCUT2D eigenvalue weighted by atomic mass is 10.0. The first-order valence-corrected chi connectivity index (χ1v) is 13.6. The van der Waals surface area contributed by atoms with Crippen LogP contribution < -0.4 is 16.4 Å². The summed E-state index contributed by atoms with van der Waals surface area (Å²) < 4.78 is 0.812. The second-order valence-electron chi connectivity index (χ2n) is 9.29.